The summed E-state index contributed by atoms with van der Waals surface area (Å²) in [6, 6.07) is 4.48. The number of rotatable bonds is 7. The van der Waals surface area contributed by atoms with Crippen LogP contribution in [0.1, 0.15) is 55.1 Å². The largest absolute Gasteiger partial charge is 0.460 e. The summed E-state index contributed by atoms with van der Waals surface area (Å²) in [4.78, 5) is 37.8. The molecular formula is C19H26N2O5. The van der Waals surface area contributed by atoms with Crippen molar-refractivity contribution >= 4 is 17.8 Å². The predicted octanol–water partition coefficient (Wildman–Crippen LogP) is 1.15. The van der Waals surface area contributed by atoms with E-state index in [1.54, 1.807) is 32.9 Å². The highest BCUT2D eigenvalue weighted by Crippen LogP contribution is 2.27. The minimum Gasteiger partial charge on any atom is -0.460 e. The molecule has 0 saturated heterocycles. The van der Waals surface area contributed by atoms with Gasteiger partial charge in [0.05, 0.1) is 0 Å². The molecule has 1 aromatic carbocycles. The Kier molecular flexibility index (Phi) is 6.02. The molecule has 1 aliphatic rings. The van der Waals surface area contributed by atoms with Crippen LogP contribution in [0.3, 0.4) is 0 Å². The van der Waals surface area contributed by atoms with Crippen molar-refractivity contribution in [1.82, 2.24) is 4.90 Å². The fourth-order valence-corrected chi connectivity index (χ4v) is 3.03. The number of hydrogen-bond acceptors (Lipinski definition) is 5. The summed E-state index contributed by atoms with van der Waals surface area (Å²) in [5.41, 5.74) is 7.12. The molecule has 0 unspecified atom stereocenters. The number of ether oxygens (including phenoxy) is 1. The number of amides is 2. The van der Waals surface area contributed by atoms with Crippen molar-refractivity contribution < 1.29 is 24.2 Å². The van der Waals surface area contributed by atoms with Crippen LogP contribution in [-0.4, -0.2) is 46.0 Å². The molecule has 0 fully saturated rings. The van der Waals surface area contributed by atoms with E-state index in [4.69, 9.17) is 15.6 Å². The number of aliphatic hydroxyl groups is 1. The van der Waals surface area contributed by atoms with Gasteiger partial charge in [-0.3, -0.25) is 14.4 Å². The molecule has 0 aromatic heterocycles. The van der Waals surface area contributed by atoms with Crippen molar-refractivity contribution in [2.75, 3.05) is 6.61 Å². The fourth-order valence-electron chi connectivity index (χ4n) is 3.03. The molecule has 7 nitrogen and oxygen atoms in total. The van der Waals surface area contributed by atoms with Crippen molar-refractivity contribution in [3.63, 3.8) is 0 Å². The number of fused-ring (bicyclic) bond motifs is 1. The van der Waals surface area contributed by atoms with Crippen molar-refractivity contribution in [2.24, 2.45) is 5.73 Å². The Morgan fingerprint density at radius 1 is 1.35 bits per heavy atom. The van der Waals surface area contributed by atoms with Gasteiger partial charge in [0.2, 0.25) is 5.91 Å². The Bertz CT molecular complexity index is 708. The van der Waals surface area contributed by atoms with Crippen LogP contribution in [-0.2, 0) is 27.3 Å². The summed E-state index contributed by atoms with van der Waals surface area (Å²) in [5.74, 6) is -1.35. The summed E-state index contributed by atoms with van der Waals surface area (Å²) in [6.45, 7) is 5.58. The van der Waals surface area contributed by atoms with Crippen molar-refractivity contribution in [3.8, 4) is 0 Å². The van der Waals surface area contributed by atoms with Crippen LogP contribution in [0, 0.1) is 0 Å². The van der Waals surface area contributed by atoms with Gasteiger partial charge >= 0.3 is 5.97 Å². The number of primary amides is 1. The lowest BCUT2D eigenvalue weighted by molar-refractivity contribution is -0.155. The molecule has 0 bridgehead atoms. The van der Waals surface area contributed by atoms with Crippen LogP contribution in [0.5, 0.6) is 0 Å². The standard InChI is InChI=1S/C19H26N2O5/c1-19(2,3)26-16(23)7-6-15(17(20)24)21-11-13-10-12(8-9-22)4-5-14(13)18(21)25/h4-5,10,15,22H,6-9,11H2,1-3H3,(H2,20,24)/t15-/m0/s1. The molecule has 1 heterocycles. The van der Waals surface area contributed by atoms with Gasteiger partial charge < -0.3 is 20.5 Å². The molecule has 1 aliphatic heterocycles. The van der Waals surface area contributed by atoms with Crippen LogP contribution in [0.25, 0.3) is 0 Å². The third kappa shape index (κ3) is 4.82. The average molecular weight is 362 g/mol. The zero-order valence-electron chi connectivity index (χ0n) is 15.4. The third-order valence-electron chi connectivity index (χ3n) is 4.15. The molecular weight excluding hydrogens is 336 g/mol. The maximum absolute atomic E-state index is 12.6. The number of nitrogens with zero attached hydrogens (tertiary/aromatic N) is 1. The lowest BCUT2D eigenvalue weighted by atomic mass is 10.0. The van der Waals surface area contributed by atoms with Crippen molar-refractivity contribution in [1.29, 1.82) is 0 Å². The Morgan fingerprint density at radius 3 is 2.62 bits per heavy atom. The molecule has 2 amide bonds. The van der Waals surface area contributed by atoms with Gasteiger partial charge in [-0.1, -0.05) is 12.1 Å². The zero-order chi connectivity index (χ0) is 19.5. The van der Waals surface area contributed by atoms with E-state index in [1.165, 1.54) is 4.90 Å². The fraction of sp³-hybridized carbons (Fsp3) is 0.526. The normalized spacial score (nSPS) is 14.9. The Balaban J connectivity index is 2.09. The highest BCUT2D eigenvalue weighted by Gasteiger charge is 2.36. The molecule has 0 saturated carbocycles. The summed E-state index contributed by atoms with van der Waals surface area (Å²) < 4.78 is 5.24. The van der Waals surface area contributed by atoms with Crippen LogP contribution in [0.2, 0.25) is 0 Å². The highest BCUT2D eigenvalue weighted by atomic mass is 16.6. The summed E-state index contributed by atoms with van der Waals surface area (Å²) in [5, 5.41) is 9.05. The number of esters is 1. The number of carbonyl (C=O) groups is 3. The lowest BCUT2D eigenvalue weighted by Gasteiger charge is -2.25. The first-order valence-corrected chi connectivity index (χ1v) is 8.67. The average Bonchev–Trinajstić information content (AvgIpc) is 2.82. The van der Waals surface area contributed by atoms with E-state index >= 15 is 0 Å². The SMILES string of the molecule is CC(C)(C)OC(=O)CC[C@@H](C(N)=O)N1Cc2cc(CCO)ccc2C1=O. The van der Waals surface area contributed by atoms with E-state index in [-0.39, 0.29) is 31.9 Å². The first-order valence-electron chi connectivity index (χ1n) is 8.67. The quantitative estimate of drug-likeness (QED) is 0.707. The minimum atomic E-state index is -0.872. The molecule has 0 spiro atoms. The van der Waals surface area contributed by atoms with Gasteiger partial charge in [-0.05, 0) is 50.8 Å². The second-order valence-corrected chi connectivity index (χ2v) is 7.44. The van der Waals surface area contributed by atoms with Gasteiger partial charge in [0.1, 0.15) is 11.6 Å². The Morgan fingerprint density at radius 2 is 2.04 bits per heavy atom. The minimum absolute atomic E-state index is 0.000758. The number of aliphatic hydroxyl groups excluding tert-OH is 1. The Hall–Kier alpha value is -2.41. The molecule has 3 N–H and O–H groups in total. The first kappa shape index (κ1) is 19.9. The van der Waals surface area contributed by atoms with Crippen molar-refractivity contribution in [3.05, 3.63) is 34.9 Å². The lowest BCUT2D eigenvalue weighted by Crippen LogP contribution is -2.45. The van der Waals surface area contributed by atoms with E-state index in [2.05, 4.69) is 0 Å². The van der Waals surface area contributed by atoms with E-state index in [9.17, 15) is 14.4 Å². The van der Waals surface area contributed by atoms with E-state index < -0.39 is 23.5 Å². The molecule has 2 rings (SSSR count). The zero-order valence-corrected chi connectivity index (χ0v) is 15.4. The molecule has 26 heavy (non-hydrogen) atoms. The molecule has 0 radical (unpaired) electrons. The second-order valence-electron chi connectivity index (χ2n) is 7.44. The molecule has 7 heteroatoms. The summed E-state index contributed by atoms with van der Waals surface area (Å²) in [7, 11) is 0. The number of carbonyl (C=O) groups excluding carboxylic acids is 3. The van der Waals surface area contributed by atoms with Crippen LogP contribution >= 0.6 is 0 Å². The summed E-state index contributed by atoms with van der Waals surface area (Å²) >= 11 is 0. The molecule has 142 valence electrons. The molecule has 1 atom stereocenters. The summed E-state index contributed by atoms with van der Waals surface area (Å²) in [6.07, 6.45) is 0.619. The van der Waals surface area contributed by atoms with Gasteiger partial charge in [-0.2, -0.15) is 0 Å². The van der Waals surface area contributed by atoms with Crippen LogP contribution < -0.4 is 5.73 Å². The maximum atomic E-state index is 12.6. The van der Waals surface area contributed by atoms with Crippen molar-refractivity contribution in [2.45, 2.75) is 58.2 Å². The highest BCUT2D eigenvalue weighted by molar-refractivity contribution is 6.01. The van der Waals surface area contributed by atoms with E-state index in [1.807, 2.05) is 6.07 Å². The van der Waals surface area contributed by atoms with Gasteiger partial charge in [-0.25, -0.2) is 0 Å². The van der Waals surface area contributed by atoms with E-state index in [0.29, 0.717) is 12.0 Å². The number of hydrogen-bond donors (Lipinski definition) is 2. The predicted molar refractivity (Wildman–Crippen MR) is 95.2 cm³/mol. The molecule has 1 aromatic rings. The molecule has 0 aliphatic carbocycles. The smallest absolute Gasteiger partial charge is 0.306 e. The van der Waals surface area contributed by atoms with Crippen LogP contribution in [0.4, 0.5) is 0 Å². The van der Waals surface area contributed by atoms with Gasteiger partial charge in [0.25, 0.3) is 5.91 Å². The van der Waals surface area contributed by atoms with Gasteiger partial charge in [0.15, 0.2) is 0 Å². The third-order valence-corrected chi connectivity index (χ3v) is 4.15. The number of benzene rings is 1. The number of nitrogens with two attached hydrogens (primary N) is 1. The van der Waals surface area contributed by atoms with Gasteiger partial charge in [-0.15, -0.1) is 0 Å². The van der Waals surface area contributed by atoms with E-state index in [0.717, 1.165) is 11.1 Å². The van der Waals surface area contributed by atoms with Gasteiger partial charge in [0, 0.05) is 25.1 Å². The first-order chi connectivity index (χ1) is 12.1. The second kappa shape index (κ2) is 7.86. The topological polar surface area (TPSA) is 110 Å². The van der Waals surface area contributed by atoms with Crippen LogP contribution in [0.15, 0.2) is 18.2 Å². The maximum Gasteiger partial charge on any atom is 0.306 e. The monoisotopic (exact) mass is 362 g/mol. The Labute approximate surface area is 153 Å².